The van der Waals surface area contributed by atoms with Crippen LogP contribution in [-0.4, -0.2) is 26.1 Å². The van der Waals surface area contributed by atoms with Gasteiger partial charge in [0.1, 0.15) is 0 Å². The highest BCUT2D eigenvalue weighted by atomic mass is 32.1. The smallest absolute Gasteiger partial charge is 0.185 e. The molecule has 1 aromatic rings. The van der Waals surface area contributed by atoms with Gasteiger partial charge in [0.05, 0.1) is 5.69 Å². The normalized spacial score (nSPS) is 10.1. The zero-order valence-corrected chi connectivity index (χ0v) is 7.90. The zero-order valence-electron chi connectivity index (χ0n) is 7.09. The van der Waals surface area contributed by atoms with Crippen molar-refractivity contribution in [2.75, 3.05) is 26.0 Å². The number of thiazole rings is 1. The molecule has 0 saturated carbocycles. The van der Waals surface area contributed by atoms with E-state index in [1.165, 1.54) is 0 Å². The molecule has 0 atom stereocenters. The molecule has 62 valence electrons. The van der Waals surface area contributed by atoms with Gasteiger partial charge in [0.25, 0.3) is 0 Å². The largest absolute Gasteiger partial charge is 0.354 e. The van der Waals surface area contributed by atoms with E-state index < -0.39 is 0 Å². The number of hydrogen-bond acceptors (Lipinski definition) is 4. The van der Waals surface area contributed by atoms with Crippen LogP contribution >= 0.6 is 11.3 Å². The lowest BCUT2D eigenvalue weighted by Crippen LogP contribution is -2.09. The summed E-state index contributed by atoms with van der Waals surface area (Å²) in [7, 11) is 5.93. The molecule has 0 aromatic carbocycles. The van der Waals surface area contributed by atoms with Crippen molar-refractivity contribution >= 4 is 16.5 Å². The van der Waals surface area contributed by atoms with Crippen molar-refractivity contribution in [3.63, 3.8) is 0 Å². The predicted molar refractivity (Wildman–Crippen MR) is 49.2 cm³/mol. The van der Waals surface area contributed by atoms with E-state index in [2.05, 4.69) is 15.7 Å². The molecular formula is C7H13N3S. The molecular weight excluding hydrogens is 158 g/mol. The van der Waals surface area contributed by atoms with Gasteiger partial charge in [-0.2, -0.15) is 0 Å². The summed E-state index contributed by atoms with van der Waals surface area (Å²) in [4.78, 5) is 6.40. The predicted octanol–water partition coefficient (Wildman–Crippen LogP) is 0.929. The van der Waals surface area contributed by atoms with Crippen LogP contribution in [0, 0.1) is 0 Å². The van der Waals surface area contributed by atoms with Gasteiger partial charge in [0, 0.05) is 26.0 Å². The molecule has 0 aliphatic carbocycles. The summed E-state index contributed by atoms with van der Waals surface area (Å²) in [6.07, 6.45) is 0. The highest BCUT2D eigenvalue weighted by molar-refractivity contribution is 7.13. The Morgan fingerprint density at radius 1 is 1.64 bits per heavy atom. The second-order valence-corrected chi connectivity index (χ2v) is 3.38. The average molecular weight is 171 g/mol. The van der Waals surface area contributed by atoms with Gasteiger partial charge in [0.15, 0.2) is 5.13 Å². The van der Waals surface area contributed by atoms with Crippen LogP contribution in [0.15, 0.2) is 5.38 Å². The Morgan fingerprint density at radius 3 is 2.82 bits per heavy atom. The highest BCUT2D eigenvalue weighted by Gasteiger charge is 2.01. The molecule has 0 fully saturated rings. The fourth-order valence-electron chi connectivity index (χ4n) is 0.764. The Labute approximate surface area is 71.1 Å². The molecule has 1 N–H and O–H groups in total. The van der Waals surface area contributed by atoms with E-state index >= 15 is 0 Å². The van der Waals surface area contributed by atoms with E-state index in [1.54, 1.807) is 11.3 Å². The molecule has 3 nitrogen and oxygen atoms in total. The monoisotopic (exact) mass is 171 g/mol. The third-order valence-electron chi connectivity index (χ3n) is 1.28. The lowest BCUT2D eigenvalue weighted by Gasteiger charge is -2.05. The van der Waals surface area contributed by atoms with E-state index in [-0.39, 0.29) is 0 Å². The molecule has 1 rings (SSSR count). The fraction of sp³-hybridized carbons (Fsp3) is 0.571. The van der Waals surface area contributed by atoms with Crippen molar-refractivity contribution < 1.29 is 0 Å². The summed E-state index contributed by atoms with van der Waals surface area (Å²) in [5, 5.41) is 6.20. The second-order valence-electron chi connectivity index (χ2n) is 2.55. The van der Waals surface area contributed by atoms with E-state index in [1.807, 2.05) is 26.0 Å². The van der Waals surface area contributed by atoms with E-state index in [4.69, 9.17) is 0 Å². The minimum absolute atomic E-state index is 0.852. The van der Waals surface area contributed by atoms with Crippen LogP contribution in [0.5, 0.6) is 0 Å². The van der Waals surface area contributed by atoms with Crippen LogP contribution in [-0.2, 0) is 6.54 Å². The molecule has 0 saturated heterocycles. The van der Waals surface area contributed by atoms with Gasteiger partial charge in [-0.1, -0.05) is 0 Å². The van der Waals surface area contributed by atoms with Gasteiger partial charge in [-0.3, -0.25) is 0 Å². The molecule has 0 unspecified atom stereocenters. The van der Waals surface area contributed by atoms with Gasteiger partial charge in [-0.25, -0.2) is 4.98 Å². The number of aromatic nitrogens is 1. The summed E-state index contributed by atoms with van der Waals surface area (Å²) < 4.78 is 0. The maximum atomic E-state index is 4.38. The van der Waals surface area contributed by atoms with Crippen LogP contribution in [0.1, 0.15) is 5.69 Å². The number of anilines is 1. The molecule has 0 radical (unpaired) electrons. The minimum atomic E-state index is 0.852. The highest BCUT2D eigenvalue weighted by Crippen LogP contribution is 2.17. The third kappa shape index (κ3) is 2.17. The Morgan fingerprint density at radius 2 is 2.36 bits per heavy atom. The van der Waals surface area contributed by atoms with Crippen LogP contribution in [0.25, 0.3) is 0 Å². The Kier molecular flexibility index (Phi) is 2.84. The summed E-state index contributed by atoms with van der Waals surface area (Å²) in [6.45, 7) is 0.852. The number of nitrogens with zero attached hydrogens (tertiary/aromatic N) is 2. The fourth-order valence-corrected chi connectivity index (χ4v) is 1.52. The zero-order chi connectivity index (χ0) is 8.27. The molecule has 0 amide bonds. The maximum Gasteiger partial charge on any atom is 0.185 e. The summed E-state index contributed by atoms with van der Waals surface area (Å²) in [5.41, 5.74) is 1.11. The summed E-state index contributed by atoms with van der Waals surface area (Å²) >= 11 is 1.67. The SMILES string of the molecule is CNCc1csc(N(C)C)n1. The van der Waals surface area contributed by atoms with E-state index in [9.17, 15) is 0 Å². The maximum absolute atomic E-state index is 4.38. The van der Waals surface area contributed by atoms with Gasteiger partial charge in [-0.15, -0.1) is 11.3 Å². The Bertz CT molecular complexity index is 219. The molecule has 0 bridgehead atoms. The van der Waals surface area contributed by atoms with Gasteiger partial charge in [-0.05, 0) is 7.05 Å². The molecule has 4 heteroatoms. The van der Waals surface area contributed by atoms with Crippen LogP contribution in [0.3, 0.4) is 0 Å². The van der Waals surface area contributed by atoms with Crippen LogP contribution in [0.2, 0.25) is 0 Å². The Balaban J connectivity index is 2.66. The molecule has 1 aromatic heterocycles. The van der Waals surface area contributed by atoms with Crippen molar-refractivity contribution in [1.29, 1.82) is 0 Å². The van der Waals surface area contributed by atoms with Crippen molar-refractivity contribution in [2.24, 2.45) is 0 Å². The topological polar surface area (TPSA) is 28.2 Å². The minimum Gasteiger partial charge on any atom is -0.354 e. The first kappa shape index (κ1) is 8.49. The lowest BCUT2D eigenvalue weighted by molar-refractivity contribution is 0.796. The first-order valence-electron chi connectivity index (χ1n) is 3.50. The van der Waals surface area contributed by atoms with Crippen molar-refractivity contribution in [2.45, 2.75) is 6.54 Å². The molecule has 0 aliphatic rings. The van der Waals surface area contributed by atoms with E-state index in [0.29, 0.717) is 0 Å². The quantitative estimate of drug-likeness (QED) is 0.733. The number of nitrogens with one attached hydrogen (secondary N) is 1. The number of hydrogen-bond donors (Lipinski definition) is 1. The molecule has 0 aliphatic heterocycles. The second kappa shape index (κ2) is 3.69. The molecule has 1 heterocycles. The first-order chi connectivity index (χ1) is 5.24. The lowest BCUT2D eigenvalue weighted by atomic mass is 10.5. The van der Waals surface area contributed by atoms with Gasteiger partial charge >= 0.3 is 0 Å². The van der Waals surface area contributed by atoms with Crippen molar-refractivity contribution in [3.05, 3.63) is 11.1 Å². The summed E-state index contributed by atoms with van der Waals surface area (Å²) in [5.74, 6) is 0. The van der Waals surface area contributed by atoms with Gasteiger partial charge in [0.2, 0.25) is 0 Å². The first-order valence-corrected chi connectivity index (χ1v) is 4.38. The van der Waals surface area contributed by atoms with Crippen molar-refractivity contribution in [3.8, 4) is 0 Å². The van der Waals surface area contributed by atoms with Crippen molar-refractivity contribution in [1.82, 2.24) is 10.3 Å². The Hall–Kier alpha value is -0.610. The summed E-state index contributed by atoms with van der Waals surface area (Å²) in [6, 6.07) is 0. The average Bonchev–Trinajstić information content (AvgIpc) is 2.37. The molecule has 0 spiro atoms. The van der Waals surface area contributed by atoms with Crippen LogP contribution in [0.4, 0.5) is 5.13 Å². The number of rotatable bonds is 3. The molecule has 11 heavy (non-hydrogen) atoms. The van der Waals surface area contributed by atoms with Crippen LogP contribution < -0.4 is 10.2 Å². The third-order valence-corrected chi connectivity index (χ3v) is 2.34. The standard InChI is InChI=1S/C7H13N3S/c1-8-4-6-5-11-7(9-6)10(2)3/h5,8H,4H2,1-3H3. The van der Waals surface area contributed by atoms with Gasteiger partial charge < -0.3 is 10.2 Å². The van der Waals surface area contributed by atoms with E-state index in [0.717, 1.165) is 17.4 Å².